The van der Waals surface area contributed by atoms with Crippen molar-refractivity contribution in [1.29, 1.82) is 0 Å². The van der Waals surface area contributed by atoms with E-state index in [0.29, 0.717) is 4.90 Å². The number of carboxylic acids is 1. The third-order valence-electron chi connectivity index (χ3n) is 1.94. The van der Waals surface area contributed by atoms with Gasteiger partial charge in [-0.05, 0) is 0 Å². The average Bonchev–Trinajstić information content (AvgIpc) is 2.12. The summed E-state index contributed by atoms with van der Waals surface area (Å²) >= 11 is 0. The molecule has 5 nitrogen and oxygen atoms in total. The van der Waals surface area contributed by atoms with Crippen LogP contribution in [0.4, 0.5) is 13.2 Å². The van der Waals surface area contributed by atoms with Crippen molar-refractivity contribution < 1.29 is 27.9 Å². The number of carbonyl (C=O) groups excluding carboxylic acids is 1. The highest BCUT2D eigenvalue weighted by atomic mass is 19.4. The molecule has 0 unspecified atom stereocenters. The minimum absolute atomic E-state index is 0.105. The highest BCUT2D eigenvalue weighted by Gasteiger charge is 2.33. The largest absolute Gasteiger partial charge is 0.480 e. The van der Waals surface area contributed by atoms with Crippen molar-refractivity contribution in [2.75, 3.05) is 19.6 Å². The van der Waals surface area contributed by atoms with Crippen molar-refractivity contribution in [3.63, 3.8) is 0 Å². The summed E-state index contributed by atoms with van der Waals surface area (Å²) in [7, 11) is 0. The maximum atomic E-state index is 12.2. The Balaban J connectivity index is 4.36. The van der Waals surface area contributed by atoms with E-state index in [2.05, 4.69) is 5.32 Å². The van der Waals surface area contributed by atoms with Gasteiger partial charge in [-0.1, -0.05) is 13.8 Å². The molecule has 0 atom stereocenters. The summed E-state index contributed by atoms with van der Waals surface area (Å²) in [6, 6.07) is 0.105. The summed E-state index contributed by atoms with van der Waals surface area (Å²) in [5.41, 5.74) is 0. The van der Waals surface area contributed by atoms with Crippen LogP contribution in [0.25, 0.3) is 0 Å². The summed E-state index contributed by atoms with van der Waals surface area (Å²) in [6.45, 7) is 1.38. The molecule has 0 aliphatic rings. The van der Waals surface area contributed by atoms with Gasteiger partial charge in [0, 0.05) is 19.0 Å². The van der Waals surface area contributed by atoms with Crippen LogP contribution in [-0.2, 0) is 9.59 Å². The Morgan fingerprint density at radius 2 is 1.89 bits per heavy atom. The van der Waals surface area contributed by atoms with E-state index in [1.54, 1.807) is 0 Å². The molecule has 8 heteroatoms. The van der Waals surface area contributed by atoms with Gasteiger partial charge in [0.1, 0.15) is 13.1 Å². The van der Waals surface area contributed by atoms with Gasteiger partial charge < -0.3 is 15.3 Å². The van der Waals surface area contributed by atoms with E-state index in [9.17, 15) is 22.8 Å². The molecule has 0 heterocycles. The van der Waals surface area contributed by atoms with Gasteiger partial charge >= 0.3 is 12.1 Å². The molecule has 0 aromatic carbocycles. The Morgan fingerprint density at radius 1 is 1.33 bits per heavy atom. The minimum atomic E-state index is -4.60. The molecule has 106 valence electrons. The molecule has 0 saturated carbocycles. The van der Waals surface area contributed by atoms with Gasteiger partial charge in [-0.15, -0.1) is 0 Å². The monoisotopic (exact) mass is 270 g/mol. The number of hydrogen-bond acceptors (Lipinski definition) is 3. The van der Waals surface area contributed by atoms with Crippen molar-refractivity contribution in [1.82, 2.24) is 10.2 Å². The van der Waals surface area contributed by atoms with Crippen molar-refractivity contribution in [2.45, 2.75) is 32.5 Å². The first-order chi connectivity index (χ1) is 8.11. The van der Waals surface area contributed by atoms with Gasteiger partial charge in [0.15, 0.2) is 0 Å². The Hall–Kier alpha value is -1.31. The van der Waals surface area contributed by atoms with E-state index in [1.165, 1.54) is 0 Å². The Morgan fingerprint density at radius 3 is 2.28 bits per heavy atom. The lowest BCUT2D eigenvalue weighted by Crippen LogP contribution is -2.43. The molecule has 0 aromatic rings. The number of halogens is 3. The van der Waals surface area contributed by atoms with E-state index < -0.39 is 31.1 Å². The Kier molecular flexibility index (Phi) is 6.67. The average molecular weight is 270 g/mol. The van der Waals surface area contributed by atoms with Crippen LogP contribution in [0, 0.1) is 0 Å². The van der Waals surface area contributed by atoms with Gasteiger partial charge in [0.2, 0.25) is 5.91 Å². The molecule has 0 fully saturated rings. The smallest absolute Gasteiger partial charge is 0.406 e. The second-order valence-corrected chi connectivity index (χ2v) is 4.12. The number of amides is 1. The summed E-state index contributed by atoms with van der Waals surface area (Å²) in [5.74, 6) is -2.30. The molecule has 0 aliphatic heterocycles. The number of aliphatic carboxylic acids is 1. The van der Waals surface area contributed by atoms with Crippen molar-refractivity contribution in [2.24, 2.45) is 0 Å². The fraction of sp³-hybridized carbons (Fsp3) is 0.800. The predicted octanol–water partition coefficient (Wildman–Crippen LogP) is 0.850. The van der Waals surface area contributed by atoms with E-state index in [1.807, 2.05) is 13.8 Å². The topological polar surface area (TPSA) is 69.6 Å². The van der Waals surface area contributed by atoms with Crippen molar-refractivity contribution >= 4 is 11.9 Å². The summed E-state index contributed by atoms with van der Waals surface area (Å²) in [5, 5.41) is 11.3. The number of carbonyl (C=O) groups is 2. The third kappa shape index (κ3) is 8.80. The van der Waals surface area contributed by atoms with Gasteiger partial charge in [0.05, 0.1) is 0 Å². The quantitative estimate of drug-likeness (QED) is 0.719. The summed E-state index contributed by atoms with van der Waals surface area (Å²) in [4.78, 5) is 22.2. The van der Waals surface area contributed by atoms with Crippen LogP contribution < -0.4 is 5.32 Å². The molecule has 0 radical (unpaired) electrons. The molecular formula is C10H17F3N2O3. The van der Waals surface area contributed by atoms with Crippen LogP contribution in [0.3, 0.4) is 0 Å². The van der Waals surface area contributed by atoms with Crippen LogP contribution in [0.1, 0.15) is 20.3 Å². The van der Waals surface area contributed by atoms with Crippen LogP contribution in [0.15, 0.2) is 0 Å². The van der Waals surface area contributed by atoms with Gasteiger partial charge in [-0.25, -0.2) is 0 Å². The fourth-order valence-electron chi connectivity index (χ4n) is 1.24. The predicted molar refractivity (Wildman–Crippen MR) is 58.0 cm³/mol. The maximum Gasteiger partial charge on any atom is 0.406 e. The van der Waals surface area contributed by atoms with E-state index in [4.69, 9.17) is 5.11 Å². The standard InChI is InChI=1S/C10H17F3N2O3/c1-7(2)14-4-3-8(16)15(5-9(17)18)6-10(11,12)13/h7,14H,3-6H2,1-2H3,(H,17,18). The lowest BCUT2D eigenvalue weighted by molar-refractivity contribution is -0.165. The summed E-state index contributed by atoms with van der Waals surface area (Å²) < 4.78 is 36.5. The molecular weight excluding hydrogens is 253 g/mol. The second-order valence-electron chi connectivity index (χ2n) is 4.12. The highest BCUT2D eigenvalue weighted by molar-refractivity contribution is 5.81. The first-order valence-electron chi connectivity index (χ1n) is 5.41. The van der Waals surface area contributed by atoms with Crippen LogP contribution in [0.2, 0.25) is 0 Å². The van der Waals surface area contributed by atoms with E-state index >= 15 is 0 Å². The molecule has 0 aliphatic carbocycles. The lowest BCUT2D eigenvalue weighted by atomic mass is 10.3. The number of carboxylic acid groups (broad SMARTS) is 1. The second kappa shape index (κ2) is 7.20. The molecule has 0 saturated heterocycles. The molecule has 0 aromatic heterocycles. The zero-order chi connectivity index (χ0) is 14.3. The number of nitrogens with one attached hydrogen (secondary N) is 1. The molecule has 18 heavy (non-hydrogen) atoms. The zero-order valence-electron chi connectivity index (χ0n) is 10.3. The van der Waals surface area contributed by atoms with Crippen molar-refractivity contribution in [3.8, 4) is 0 Å². The first-order valence-corrected chi connectivity index (χ1v) is 5.41. The SMILES string of the molecule is CC(C)NCCC(=O)N(CC(=O)O)CC(F)(F)F. The van der Waals surface area contributed by atoms with Gasteiger partial charge in [-0.2, -0.15) is 13.2 Å². The van der Waals surface area contributed by atoms with Crippen LogP contribution >= 0.6 is 0 Å². The molecule has 0 rings (SSSR count). The van der Waals surface area contributed by atoms with Crippen LogP contribution in [0.5, 0.6) is 0 Å². The third-order valence-corrected chi connectivity index (χ3v) is 1.94. The number of hydrogen-bond donors (Lipinski definition) is 2. The lowest BCUT2D eigenvalue weighted by Gasteiger charge is -2.22. The molecule has 0 bridgehead atoms. The van der Waals surface area contributed by atoms with E-state index in [-0.39, 0.29) is 19.0 Å². The van der Waals surface area contributed by atoms with Crippen LogP contribution in [-0.4, -0.2) is 53.7 Å². The number of rotatable bonds is 7. The van der Waals surface area contributed by atoms with E-state index in [0.717, 1.165) is 0 Å². The number of nitrogens with zero attached hydrogens (tertiary/aromatic N) is 1. The molecule has 0 spiro atoms. The summed E-state index contributed by atoms with van der Waals surface area (Å²) in [6.07, 6.45) is -4.77. The first kappa shape index (κ1) is 16.7. The Bertz CT molecular complexity index is 293. The minimum Gasteiger partial charge on any atom is -0.480 e. The van der Waals surface area contributed by atoms with Gasteiger partial charge in [-0.3, -0.25) is 9.59 Å². The zero-order valence-corrected chi connectivity index (χ0v) is 10.3. The highest BCUT2D eigenvalue weighted by Crippen LogP contribution is 2.16. The number of alkyl halides is 3. The maximum absolute atomic E-state index is 12.2. The Labute approximate surface area is 103 Å². The normalized spacial score (nSPS) is 11.7. The molecule has 1 amide bonds. The fourth-order valence-corrected chi connectivity index (χ4v) is 1.24. The molecule has 2 N–H and O–H groups in total. The van der Waals surface area contributed by atoms with Crippen molar-refractivity contribution in [3.05, 3.63) is 0 Å². The van der Waals surface area contributed by atoms with Gasteiger partial charge in [0.25, 0.3) is 0 Å².